The van der Waals surface area contributed by atoms with Gasteiger partial charge in [-0.05, 0) is 38.5 Å². The second kappa shape index (κ2) is 8.77. The molecule has 0 aliphatic carbocycles. The first-order chi connectivity index (χ1) is 13.5. The Balaban J connectivity index is 1.74. The minimum Gasteiger partial charge on any atom is -0.495 e. The number of hydrogen-bond donors (Lipinski definition) is 1. The highest BCUT2D eigenvalue weighted by molar-refractivity contribution is 5.68. The molecular weight excluding hydrogens is 358 g/mol. The molecule has 1 saturated heterocycles. The summed E-state index contributed by atoms with van der Waals surface area (Å²) in [5.74, 6) is 2.09. The van der Waals surface area contributed by atoms with E-state index < -0.39 is 0 Å². The zero-order valence-electron chi connectivity index (χ0n) is 16.9. The van der Waals surface area contributed by atoms with Crippen LogP contribution >= 0.6 is 0 Å². The van der Waals surface area contributed by atoms with Gasteiger partial charge in [-0.3, -0.25) is 0 Å². The minimum atomic E-state index is -0.255. The van der Waals surface area contributed by atoms with Crippen molar-refractivity contribution in [1.29, 1.82) is 0 Å². The third kappa shape index (κ3) is 4.62. The number of anilines is 3. The first-order valence-corrected chi connectivity index (χ1v) is 9.44. The Bertz CT molecular complexity index is 835. The molecule has 1 aliphatic heterocycles. The van der Waals surface area contributed by atoms with E-state index in [0.717, 1.165) is 28.5 Å². The van der Waals surface area contributed by atoms with Crippen molar-refractivity contribution in [2.45, 2.75) is 20.8 Å². The molecule has 0 atom stereocenters. The maximum Gasteiger partial charge on any atom is 0.409 e. The Morgan fingerprint density at radius 1 is 1.14 bits per heavy atom. The number of nitrogens with one attached hydrogen (secondary N) is 1. The predicted octanol–water partition coefficient (Wildman–Crippen LogP) is 3.12. The number of amides is 1. The number of aromatic nitrogens is 2. The standard InChI is InChI=1S/C20H27N5O3/c1-5-28-20(26)25-10-8-24(9-11-25)18-13-15(3)21-19(23-18)22-16-12-14(2)6-7-17(16)27-4/h6-7,12-13H,5,8-11H2,1-4H3,(H,21,22,23). The maximum atomic E-state index is 11.9. The number of nitrogens with zero attached hydrogens (tertiary/aromatic N) is 4. The van der Waals surface area contributed by atoms with Gasteiger partial charge in [0.2, 0.25) is 5.95 Å². The smallest absolute Gasteiger partial charge is 0.409 e. The fourth-order valence-corrected chi connectivity index (χ4v) is 3.14. The first-order valence-electron chi connectivity index (χ1n) is 9.44. The van der Waals surface area contributed by atoms with E-state index in [4.69, 9.17) is 9.47 Å². The van der Waals surface area contributed by atoms with Crippen molar-refractivity contribution in [1.82, 2.24) is 14.9 Å². The number of carbonyl (C=O) groups is 1. The van der Waals surface area contributed by atoms with E-state index in [9.17, 15) is 4.79 Å². The Kier molecular flexibility index (Phi) is 6.18. The van der Waals surface area contributed by atoms with E-state index in [0.29, 0.717) is 38.7 Å². The maximum absolute atomic E-state index is 11.9. The van der Waals surface area contributed by atoms with Gasteiger partial charge in [-0.1, -0.05) is 6.07 Å². The number of rotatable bonds is 5. The lowest BCUT2D eigenvalue weighted by molar-refractivity contribution is 0.105. The van der Waals surface area contributed by atoms with E-state index in [1.807, 2.05) is 45.0 Å². The van der Waals surface area contributed by atoms with Gasteiger partial charge < -0.3 is 24.6 Å². The number of piperazine rings is 1. The van der Waals surface area contributed by atoms with E-state index in [2.05, 4.69) is 20.2 Å². The first kappa shape index (κ1) is 19.7. The van der Waals surface area contributed by atoms with Gasteiger partial charge in [0.1, 0.15) is 11.6 Å². The van der Waals surface area contributed by atoms with Crippen LogP contribution in [0.15, 0.2) is 24.3 Å². The van der Waals surface area contributed by atoms with E-state index in [1.165, 1.54) is 0 Å². The summed E-state index contributed by atoms with van der Waals surface area (Å²) >= 11 is 0. The van der Waals surface area contributed by atoms with Crippen LogP contribution in [0.5, 0.6) is 5.75 Å². The van der Waals surface area contributed by atoms with E-state index in [-0.39, 0.29) is 6.09 Å². The van der Waals surface area contributed by atoms with Crippen LogP contribution in [0, 0.1) is 13.8 Å². The van der Waals surface area contributed by atoms with Crippen LogP contribution in [-0.4, -0.2) is 60.9 Å². The molecule has 0 unspecified atom stereocenters. The SMILES string of the molecule is CCOC(=O)N1CCN(c2cc(C)nc(Nc3cc(C)ccc3OC)n2)CC1. The van der Waals surface area contributed by atoms with Crippen molar-refractivity contribution in [2.75, 3.05) is 50.1 Å². The van der Waals surface area contributed by atoms with Gasteiger partial charge in [0.05, 0.1) is 19.4 Å². The molecule has 0 bridgehead atoms. The third-order valence-corrected chi connectivity index (χ3v) is 4.57. The molecule has 1 aromatic carbocycles. The minimum absolute atomic E-state index is 0.255. The molecule has 0 spiro atoms. The van der Waals surface area contributed by atoms with Crippen molar-refractivity contribution in [3.8, 4) is 5.75 Å². The molecule has 150 valence electrons. The van der Waals surface area contributed by atoms with Gasteiger partial charge in [0.15, 0.2) is 0 Å². The van der Waals surface area contributed by atoms with Crippen molar-refractivity contribution in [2.24, 2.45) is 0 Å². The molecule has 1 amide bonds. The average molecular weight is 385 g/mol. The lowest BCUT2D eigenvalue weighted by Crippen LogP contribution is -2.49. The van der Waals surface area contributed by atoms with Crippen LogP contribution in [0.3, 0.4) is 0 Å². The van der Waals surface area contributed by atoms with Crippen molar-refractivity contribution in [3.63, 3.8) is 0 Å². The van der Waals surface area contributed by atoms with Crippen LogP contribution in [0.2, 0.25) is 0 Å². The zero-order chi connectivity index (χ0) is 20.1. The third-order valence-electron chi connectivity index (χ3n) is 4.57. The van der Waals surface area contributed by atoms with Crippen LogP contribution in [0.1, 0.15) is 18.2 Å². The largest absolute Gasteiger partial charge is 0.495 e. The lowest BCUT2D eigenvalue weighted by Gasteiger charge is -2.34. The van der Waals surface area contributed by atoms with Crippen LogP contribution in [0.4, 0.5) is 22.2 Å². The van der Waals surface area contributed by atoms with E-state index in [1.54, 1.807) is 12.0 Å². The molecule has 1 N–H and O–H groups in total. The molecule has 28 heavy (non-hydrogen) atoms. The number of carbonyl (C=O) groups excluding carboxylic acids is 1. The summed E-state index contributed by atoms with van der Waals surface area (Å²) in [5, 5.41) is 3.27. The van der Waals surface area contributed by atoms with Crippen LogP contribution in [-0.2, 0) is 4.74 Å². The fraction of sp³-hybridized carbons (Fsp3) is 0.450. The molecular formula is C20H27N5O3. The Hall–Kier alpha value is -3.03. The summed E-state index contributed by atoms with van der Waals surface area (Å²) in [5.41, 5.74) is 2.81. The molecule has 0 saturated carbocycles. The summed E-state index contributed by atoms with van der Waals surface area (Å²) in [4.78, 5) is 24.9. The van der Waals surface area contributed by atoms with Crippen molar-refractivity contribution >= 4 is 23.5 Å². The molecule has 2 heterocycles. The lowest BCUT2D eigenvalue weighted by atomic mass is 10.2. The Morgan fingerprint density at radius 3 is 2.57 bits per heavy atom. The summed E-state index contributed by atoms with van der Waals surface area (Å²) < 4.78 is 10.5. The Labute approximate surface area is 165 Å². The van der Waals surface area contributed by atoms with E-state index >= 15 is 0 Å². The molecule has 0 radical (unpaired) electrons. The predicted molar refractivity (Wildman–Crippen MR) is 109 cm³/mol. The highest BCUT2D eigenvalue weighted by Crippen LogP contribution is 2.28. The normalized spacial score (nSPS) is 14.0. The van der Waals surface area contributed by atoms with Gasteiger partial charge in [-0.15, -0.1) is 0 Å². The van der Waals surface area contributed by atoms with Crippen molar-refractivity contribution in [3.05, 3.63) is 35.5 Å². The van der Waals surface area contributed by atoms with Gasteiger partial charge >= 0.3 is 6.09 Å². The van der Waals surface area contributed by atoms with Gasteiger partial charge in [-0.25, -0.2) is 9.78 Å². The summed E-state index contributed by atoms with van der Waals surface area (Å²) in [6, 6.07) is 7.87. The summed E-state index contributed by atoms with van der Waals surface area (Å²) in [7, 11) is 1.64. The fourth-order valence-electron chi connectivity index (χ4n) is 3.14. The molecule has 1 aromatic heterocycles. The highest BCUT2D eigenvalue weighted by atomic mass is 16.6. The number of methoxy groups -OCH3 is 1. The quantitative estimate of drug-likeness (QED) is 0.847. The Morgan fingerprint density at radius 2 is 1.89 bits per heavy atom. The number of hydrogen-bond acceptors (Lipinski definition) is 7. The van der Waals surface area contributed by atoms with Crippen LogP contribution in [0.25, 0.3) is 0 Å². The monoisotopic (exact) mass is 385 g/mol. The molecule has 8 nitrogen and oxygen atoms in total. The van der Waals surface area contributed by atoms with Gasteiger partial charge in [0, 0.05) is 37.9 Å². The van der Waals surface area contributed by atoms with Crippen molar-refractivity contribution < 1.29 is 14.3 Å². The highest BCUT2D eigenvalue weighted by Gasteiger charge is 2.23. The topological polar surface area (TPSA) is 79.8 Å². The molecule has 1 fully saturated rings. The molecule has 1 aliphatic rings. The number of ether oxygens (including phenoxy) is 2. The van der Waals surface area contributed by atoms with Gasteiger partial charge in [-0.2, -0.15) is 4.98 Å². The molecule has 2 aromatic rings. The average Bonchev–Trinajstić information content (AvgIpc) is 2.68. The zero-order valence-corrected chi connectivity index (χ0v) is 16.9. The number of benzene rings is 1. The summed E-state index contributed by atoms with van der Waals surface area (Å²) in [6.45, 7) is 8.78. The second-order valence-electron chi connectivity index (χ2n) is 6.69. The number of aryl methyl sites for hydroxylation is 2. The second-order valence-corrected chi connectivity index (χ2v) is 6.69. The summed E-state index contributed by atoms with van der Waals surface area (Å²) in [6.07, 6.45) is -0.255. The van der Waals surface area contributed by atoms with Crippen LogP contribution < -0.4 is 15.0 Å². The molecule has 3 rings (SSSR count). The van der Waals surface area contributed by atoms with Gasteiger partial charge in [0.25, 0.3) is 0 Å². The molecule has 8 heteroatoms.